The lowest BCUT2D eigenvalue weighted by atomic mass is 10.1. The van der Waals surface area contributed by atoms with Gasteiger partial charge in [-0.1, -0.05) is 6.42 Å². The van der Waals surface area contributed by atoms with Crippen LogP contribution in [0.3, 0.4) is 0 Å². The van der Waals surface area contributed by atoms with E-state index in [0.717, 1.165) is 25.3 Å². The van der Waals surface area contributed by atoms with E-state index in [1.54, 1.807) is 0 Å². The van der Waals surface area contributed by atoms with Gasteiger partial charge in [0.25, 0.3) is 0 Å². The Hall–Kier alpha value is -0.870. The Bertz CT molecular complexity index is 315. The molecule has 2 heterocycles. The Morgan fingerprint density at radius 3 is 2.76 bits per heavy atom. The normalized spacial score (nSPS) is 17.5. The lowest BCUT2D eigenvalue weighted by Crippen LogP contribution is -2.36. The molecule has 0 unspecified atom stereocenters. The number of hydrogen-bond acceptors (Lipinski definition) is 3. The zero-order chi connectivity index (χ0) is 11.9. The number of hydrogen-bond donors (Lipinski definition) is 1. The summed E-state index contributed by atoms with van der Waals surface area (Å²) in [5, 5.41) is 3.50. The number of aromatic nitrogens is 2. The van der Waals surface area contributed by atoms with E-state index < -0.39 is 0 Å². The highest BCUT2D eigenvalue weighted by molar-refractivity contribution is 4.91. The molecule has 0 bridgehead atoms. The van der Waals surface area contributed by atoms with E-state index in [4.69, 9.17) is 0 Å². The first-order chi connectivity index (χ1) is 8.36. The highest BCUT2D eigenvalue weighted by Gasteiger charge is 2.08. The third-order valence-corrected chi connectivity index (χ3v) is 3.50. The summed E-state index contributed by atoms with van der Waals surface area (Å²) >= 11 is 0. The molecule has 1 aliphatic heterocycles. The van der Waals surface area contributed by atoms with Gasteiger partial charge in [-0.2, -0.15) is 0 Å². The molecule has 0 amide bonds. The average Bonchev–Trinajstić information content (AvgIpc) is 2.76. The second kappa shape index (κ2) is 6.77. The second-order valence-corrected chi connectivity index (χ2v) is 4.86. The predicted octanol–water partition coefficient (Wildman–Crippen LogP) is 1.04. The molecule has 4 nitrogen and oxygen atoms in total. The lowest BCUT2D eigenvalue weighted by molar-refractivity contribution is 0.229. The summed E-state index contributed by atoms with van der Waals surface area (Å²) in [5.41, 5.74) is 0. The van der Waals surface area contributed by atoms with Gasteiger partial charge in [0.15, 0.2) is 0 Å². The second-order valence-electron chi connectivity index (χ2n) is 4.86. The molecule has 0 radical (unpaired) electrons. The number of piperidine rings is 1. The van der Waals surface area contributed by atoms with Gasteiger partial charge in [-0.05, 0) is 25.9 Å². The highest BCUT2D eigenvalue weighted by Crippen LogP contribution is 2.07. The monoisotopic (exact) mass is 236 g/mol. The summed E-state index contributed by atoms with van der Waals surface area (Å²) in [6.45, 7) is 5.91. The summed E-state index contributed by atoms with van der Waals surface area (Å²) in [5.74, 6) is 1.16. The Labute approximate surface area is 104 Å². The van der Waals surface area contributed by atoms with Gasteiger partial charge in [0.1, 0.15) is 5.82 Å². The molecule has 1 fully saturated rings. The van der Waals surface area contributed by atoms with Crippen molar-refractivity contribution in [1.82, 2.24) is 19.8 Å². The van der Waals surface area contributed by atoms with E-state index >= 15 is 0 Å². The van der Waals surface area contributed by atoms with Crippen molar-refractivity contribution in [2.24, 2.45) is 7.05 Å². The Kier molecular flexibility index (Phi) is 5.01. The van der Waals surface area contributed by atoms with E-state index in [2.05, 4.69) is 26.8 Å². The highest BCUT2D eigenvalue weighted by atomic mass is 15.1. The van der Waals surface area contributed by atoms with Crippen LogP contribution < -0.4 is 5.32 Å². The fraction of sp³-hybridized carbons (Fsp3) is 0.769. The van der Waals surface area contributed by atoms with Crippen molar-refractivity contribution in [3.63, 3.8) is 0 Å². The molecular formula is C13H24N4. The molecule has 1 aliphatic rings. The minimum atomic E-state index is 1.02. The number of aryl methyl sites for hydroxylation is 1. The molecule has 0 atom stereocenters. The largest absolute Gasteiger partial charge is 0.338 e. The molecule has 0 spiro atoms. The van der Waals surface area contributed by atoms with E-state index in [-0.39, 0.29) is 0 Å². The van der Waals surface area contributed by atoms with Crippen LogP contribution in [-0.4, -0.2) is 47.2 Å². The van der Waals surface area contributed by atoms with E-state index in [0.29, 0.717) is 0 Å². The van der Waals surface area contributed by atoms with Crippen LogP contribution in [0.4, 0.5) is 0 Å². The maximum atomic E-state index is 4.32. The third-order valence-electron chi connectivity index (χ3n) is 3.50. The first-order valence-corrected chi connectivity index (χ1v) is 6.75. The molecule has 0 aliphatic carbocycles. The minimum absolute atomic E-state index is 1.02. The van der Waals surface area contributed by atoms with Crippen LogP contribution in [0.25, 0.3) is 0 Å². The zero-order valence-corrected chi connectivity index (χ0v) is 10.9. The van der Waals surface area contributed by atoms with Crippen molar-refractivity contribution < 1.29 is 0 Å². The molecule has 1 aromatic rings. The zero-order valence-electron chi connectivity index (χ0n) is 10.9. The number of nitrogens with zero attached hydrogens (tertiary/aromatic N) is 3. The Morgan fingerprint density at radius 2 is 2.06 bits per heavy atom. The number of rotatable bonds is 6. The van der Waals surface area contributed by atoms with Crippen molar-refractivity contribution in [3.8, 4) is 0 Å². The van der Waals surface area contributed by atoms with Gasteiger partial charge in [0.05, 0.1) is 0 Å². The summed E-state index contributed by atoms with van der Waals surface area (Å²) in [6.07, 6.45) is 9.07. The molecule has 4 heteroatoms. The lowest BCUT2D eigenvalue weighted by Gasteiger charge is -2.26. The number of likely N-dealkylation sites (tertiary alicyclic amines) is 1. The van der Waals surface area contributed by atoms with Gasteiger partial charge in [-0.25, -0.2) is 4.98 Å². The summed E-state index contributed by atoms with van der Waals surface area (Å²) in [7, 11) is 2.05. The molecule has 1 saturated heterocycles. The topological polar surface area (TPSA) is 33.1 Å². The number of imidazole rings is 1. The van der Waals surface area contributed by atoms with Gasteiger partial charge >= 0.3 is 0 Å². The van der Waals surface area contributed by atoms with E-state index in [1.807, 2.05) is 12.4 Å². The fourth-order valence-electron chi connectivity index (χ4n) is 2.38. The Morgan fingerprint density at radius 1 is 1.24 bits per heavy atom. The average molecular weight is 236 g/mol. The van der Waals surface area contributed by atoms with Crippen LogP contribution in [0.15, 0.2) is 12.4 Å². The standard InChI is InChI=1S/C13H24N4/c1-16-11-8-15-13(16)5-6-14-7-12-17-9-3-2-4-10-17/h8,11,14H,2-7,9-10,12H2,1H3. The van der Waals surface area contributed by atoms with Crippen LogP contribution in [0.2, 0.25) is 0 Å². The van der Waals surface area contributed by atoms with E-state index in [9.17, 15) is 0 Å². The molecule has 1 N–H and O–H groups in total. The molecule has 0 aromatic carbocycles. The van der Waals surface area contributed by atoms with Crippen LogP contribution in [0.5, 0.6) is 0 Å². The van der Waals surface area contributed by atoms with Crippen LogP contribution in [0.1, 0.15) is 25.1 Å². The van der Waals surface area contributed by atoms with Crippen molar-refractivity contribution in [1.29, 1.82) is 0 Å². The van der Waals surface area contributed by atoms with E-state index in [1.165, 1.54) is 38.9 Å². The van der Waals surface area contributed by atoms with Gasteiger partial charge in [0.2, 0.25) is 0 Å². The van der Waals surface area contributed by atoms with Crippen LogP contribution in [0, 0.1) is 0 Å². The predicted molar refractivity (Wildman–Crippen MR) is 70.1 cm³/mol. The van der Waals surface area contributed by atoms with Gasteiger partial charge in [-0.15, -0.1) is 0 Å². The maximum Gasteiger partial charge on any atom is 0.109 e. The first-order valence-electron chi connectivity index (χ1n) is 6.75. The van der Waals surface area contributed by atoms with Crippen molar-refractivity contribution in [2.45, 2.75) is 25.7 Å². The SMILES string of the molecule is Cn1ccnc1CCNCCN1CCCCC1. The molecular weight excluding hydrogens is 212 g/mol. The molecule has 17 heavy (non-hydrogen) atoms. The summed E-state index contributed by atoms with van der Waals surface area (Å²) < 4.78 is 2.09. The third kappa shape index (κ3) is 4.13. The molecule has 1 aromatic heterocycles. The maximum absolute atomic E-state index is 4.32. The quantitative estimate of drug-likeness (QED) is 0.749. The first kappa shape index (κ1) is 12.6. The molecule has 96 valence electrons. The Balaban J connectivity index is 1.53. The van der Waals surface area contributed by atoms with Crippen LogP contribution in [-0.2, 0) is 13.5 Å². The van der Waals surface area contributed by atoms with Crippen molar-refractivity contribution in [2.75, 3.05) is 32.7 Å². The molecule has 2 rings (SSSR count). The van der Waals surface area contributed by atoms with Gasteiger partial charge in [-0.3, -0.25) is 0 Å². The number of nitrogens with one attached hydrogen (secondary N) is 1. The smallest absolute Gasteiger partial charge is 0.109 e. The van der Waals surface area contributed by atoms with Crippen molar-refractivity contribution in [3.05, 3.63) is 18.2 Å². The van der Waals surface area contributed by atoms with Gasteiger partial charge in [0, 0.05) is 45.5 Å². The fourth-order valence-corrected chi connectivity index (χ4v) is 2.38. The summed E-state index contributed by atoms with van der Waals surface area (Å²) in [6, 6.07) is 0. The van der Waals surface area contributed by atoms with Crippen LogP contribution >= 0.6 is 0 Å². The molecule has 0 saturated carbocycles. The minimum Gasteiger partial charge on any atom is -0.338 e. The van der Waals surface area contributed by atoms with Crippen molar-refractivity contribution >= 4 is 0 Å². The summed E-state index contributed by atoms with van der Waals surface area (Å²) in [4.78, 5) is 6.88. The van der Waals surface area contributed by atoms with Gasteiger partial charge < -0.3 is 14.8 Å².